The first-order chi connectivity index (χ1) is 12.5. The lowest BCUT2D eigenvalue weighted by Gasteiger charge is -2.34. The van der Waals surface area contributed by atoms with E-state index in [1.165, 1.54) is 5.56 Å². The molecule has 1 aromatic carbocycles. The zero-order chi connectivity index (χ0) is 18.6. The second-order valence-corrected chi connectivity index (χ2v) is 7.45. The highest BCUT2D eigenvalue weighted by Crippen LogP contribution is 2.28. The van der Waals surface area contributed by atoms with Gasteiger partial charge in [-0.05, 0) is 17.4 Å². The van der Waals surface area contributed by atoms with Gasteiger partial charge in [0.1, 0.15) is 0 Å². The van der Waals surface area contributed by atoms with Gasteiger partial charge in [-0.25, -0.2) is 0 Å². The molecule has 0 bridgehead atoms. The van der Waals surface area contributed by atoms with E-state index in [1.807, 2.05) is 17.9 Å². The average molecular weight is 356 g/mol. The van der Waals surface area contributed by atoms with Crippen LogP contribution in [0.1, 0.15) is 45.1 Å². The minimum absolute atomic E-state index is 0.000939. The largest absolute Gasteiger partial charge is 0.408 e. The van der Waals surface area contributed by atoms with Crippen LogP contribution in [-0.4, -0.2) is 47.2 Å². The molecule has 26 heavy (non-hydrogen) atoms. The number of nitrogens with zero attached hydrogens (tertiary/aromatic N) is 4. The van der Waals surface area contributed by atoms with Gasteiger partial charge in [-0.15, -0.1) is 5.10 Å². The molecule has 2 aromatic rings. The van der Waals surface area contributed by atoms with Crippen LogP contribution in [0.15, 0.2) is 34.7 Å². The maximum atomic E-state index is 12.6. The van der Waals surface area contributed by atoms with E-state index in [2.05, 4.69) is 53.2 Å². The molecule has 1 aromatic heterocycles. The molecule has 0 radical (unpaired) electrons. The Labute approximate surface area is 155 Å². The van der Waals surface area contributed by atoms with Crippen molar-refractivity contribution in [3.8, 4) is 0 Å². The normalized spacial score (nSPS) is 15.3. The molecule has 1 saturated heterocycles. The molecule has 1 aliphatic heterocycles. The van der Waals surface area contributed by atoms with Crippen LogP contribution in [0.4, 0.5) is 6.01 Å². The molecule has 0 atom stereocenters. The van der Waals surface area contributed by atoms with E-state index < -0.39 is 0 Å². The average Bonchev–Trinajstić information content (AvgIpc) is 3.16. The fraction of sp³-hybridized carbons (Fsp3) is 0.550. The lowest BCUT2D eigenvalue weighted by atomic mass is 9.80. The number of aromatic nitrogens is 2. The summed E-state index contributed by atoms with van der Waals surface area (Å²) in [5.74, 6) is 0.884. The highest BCUT2D eigenvalue weighted by molar-refractivity contribution is 5.76. The zero-order valence-electron chi connectivity index (χ0n) is 15.9. The lowest BCUT2D eigenvalue weighted by molar-refractivity contribution is -0.131. The summed E-state index contributed by atoms with van der Waals surface area (Å²) in [5, 5.41) is 8.10. The molecule has 0 saturated carbocycles. The van der Waals surface area contributed by atoms with Gasteiger partial charge >= 0.3 is 6.01 Å². The van der Waals surface area contributed by atoms with Gasteiger partial charge < -0.3 is 14.2 Å². The van der Waals surface area contributed by atoms with Crippen molar-refractivity contribution >= 4 is 11.9 Å². The second-order valence-electron chi connectivity index (χ2n) is 7.45. The molecule has 0 spiro atoms. The van der Waals surface area contributed by atoms with Crippen LogP contribution < -0.4 is 4.90 Å². The van der Waals surface area contributed by atoms with Crippen LogP contribution in [0.3, 0.4) is 0 Å². The summed E-state index contributed by atoms with van der Waals surface area (Å²) in [7, 11) is 0. The summed E-state index contributed by atoms with van der Waals surface area (Å²) >= 11 is 0. The summed E-state index contributed by atoms with van der Waals surface area (Å²) in [4.78, 5) is 16.6. The van der Waals surface area contributed by atoms with Crippen molar-refractivity contribution < 1.29 is 9.21 Å². The summed E-state index contributed by atoms with van der Waals surface area (Å²) in [6, 6.07) is 11.0. The number of hydrogen-bond acceptors (Lipinski definition) is 5. The van der Waals surface area contributed by atoms with Gasteiger partial charge in [-0.3, -0.25) is 4.79 Å². The van der Waals surface area contributed by atoms with Crippen LogP contribution in [0.5, 0.6) is 0 Å². The molecule has 0 unspecified atom stereocenters. The third-order valence-electron chi connectivity index (χ3n) is 5.18. The Morgan fingerprint density at radius 1 is 1.12 bits per heavy atom. The summed E-state index contributed by atoms with van der Waals surface area (Å²) in [6.07, 6.45) is 2.16. The molecular weight excluding hydrogens is 328 g/mol. The highest BCUT2D eigenvalue weighted by Gasteiger charge is 2.26. The van der Waals surface area contributed by atoms with E-state index in [0.29, 0.717) is 31.4 Å². The molecule has 1 amide bonds. The van der Waals surface area contributed by atoms with E-state index in [0.717, 1.165) is 25.9 Å². The molecule has 0 N–H and O–H groups in total. The number of piperazine rings is 1. The quantitative estimate of drug-likeness (QED) is 0.796. The van der Waals surface area contributed by atoms with Crippen LogP contribution >= 0.6 is 0 Å². The summed E-state index contributed by atoms with van der Waals surface area (Å²) in [5.41, 5.74) is 1.28. The number of amides is 1. The van der Waals surface area contributed by atoms with E-state index in [9.17, 15) is 4.79 Å². The van der Waals surface area contributed by atoms with E-state index in [-0.39, 0.29) is 11.3 Å². The molecule has 140 valence electrons. The van der Waals surface area contributed by atoms with Gasteiger partial charge in [0.15, 0.2) is 0 Å². The number of anilines is 1. The summed E-state index contributed by atoms with van der Waals surface area (Å²) in [6.45, 7) is 9.27. The van der Waals surface area contributed by atoms with Crippen LogP contribution in [-0.2, 0) is 16.6 Å². The molecule has 2 heterocycles. The molecule has 6 nitrogen and oxygen atoms in total. The Balaban J connectivity index is 1.49. The summed E-state index contributed by atoms with van der Waals surface area (Å²) < 4.78 is 5.61. The third-order valence-corrected chi connectivity index (χ3v) is 5.18. The van der Waals surface area contributed by atoms with Crippen molar-refractivity contribution in [2.45, 2.75) is 45.4 Å². The van der Waals surface area contributed by atoms with Crippen molar-refractivity contribution in [3.63, 3.8) is 0 Å². The Kier molecular flexibility index (Phi) is 5.59. The maximum Gasteiger partial charge on any atom is 0.318 e. The van der Waals surface area contributed by atoms with Gasteiger partial charge in [-0.1, -0.05) is 56.2 Å². The van der Waals surface area contributed by atoms with Crippen molar-refractivity contribution in [2.24, 2.45) is 0 Å². The van der Waals surface area contributed by atoms with E-state index in [1.54, 1.807) is 0 Å². The van der Waals surface area contributed by atoms with Crippen molar-refractivity contribution in [1.29, 1.82) is 0 Å². The highest BCUT2D eigenvalue weighted by atomic mass is 16.4. The number of benzene rings is 1. The number of aryl methyl sites for hydroxylation is 1. The van der Waals surface area contributed by atoms with Gasteiger partial charge in [0.25, 0.3) is 0 Å². The van der Waals surface area contributed by atoms with Gasteiger partial charge in [0, 0.05) is 39.0 Å². The maximum absolute atomic E-state index is 12.6. The minimum Gasteiger partial charge on any atom is -0.408 e. The molecule has 6 heteroatoms. The predicted octanol–water partition coefficient (Wildman–Crippen LogP) is 3.04. The molecule has 1 fully saturated rings. The fourth-order valence-corrected chi connectivity index (χ4v) is 3.27. The first-order valence-electron chi connectivity index (χ1n) is 9.40. The van der Waals surface area contributed by atoms with Crippen LogP contribution in [0, 0.1) is 0 Å². The Bertz CT molecular complexity index is 718. The molecule has 3 rings (SSSR count). The van der Waals surface area contributed by atoms with Gasteiger partial charge in [0.2, 0.25) is 11.8 Å². The van der Waals surface area contributed by atoms with Crippen molar-refractivity contribution in [1.82, 2.24) is 15.1 Å². The minimum atomic E-state index is -0.000939. The zero-order valence-corrected chi connectivity index (χ0v) is 15.9. The molecule has 1 aliphatic rings. The molecule has 0 aliphatic carbocycles. The standard InChI is InChI=1S/C20H28N4O2/c1-4-17-21-22-19(26-17)24-14-12-23(13-15-24)18(25)10-11-20(2,3)16-8-6-5-7-9-16/h5-9H,4,10-15H2,1-3H3. The monoisotopic (exact) mass is 356 g/mol. The SMILES string of the molecule is CCc1nnc(N2CCN(C(=O)CCC(C)(C)c3ccccc3)CC2)o1. The Morgan fingerprint density at radius 2 is 1.81 bits per heavy atom. The number of hydrogen-bond donors (Lipinski definition) is 0. The van der Waals surface area contributed by atoms with Crippen LogP contribution in [0.25, 0.3) is 0 Å². The number of carbonyl (C=O) groups is 1. The van der Waals surface area contributed by atoms with E-state index in [4.69, 9.17) is 4.42 Å². The van der Waals surface area contributed by atoms with Crippen LogP contribution in [0.2, 0.25) is 0 Å². The Hall–Kier alpha value is -2.37. The van der Waals surface area contributed by atoms with E-state index >= 15 is 0 Å². The van der Waals surface area contributed by atoms with Crippen molar-refractivity contribution in [2.75, 3.05) is 31.1 Å². The lowest BCUT2D eigenvalue weighted by Crippen LogP contribution is -2.49. The smallest absolute Gasteiger partial charge is 0.318 e. The topological polar surface area (TPSA) is 62.5 Å². The van der Waals surface area contributed by atoms with Gasteiger partial charge in [-0.2, -0.15) is 0 Å². The second kappa shape index (κ2) is 7.89. The molecular formula is C20H28N4O2. The number of rotatable bonds is 6. The predicted molar refractivity (Wildman–Crippen MR) is 101 cm³/mol. The first kappa shape index (κ1) is 18.4. The Morgan fingerprint density at radius 3 is 2.42 bits per heavy atom. The fourth-order valence-electron chi connectivity index (χ4n) is 3.27. The number of carbonyl (C=O) groups excluding carboxylic acids is 1. The third kappa shape index (κ3) is 4.23. The van der Waals surface area contributed by atoms with Gasteiger partial charge in [0.05, 0.1) is 0 Å². The first-order valence-corrected chi connectivity index (χ1v) is 9.40. The van der Waals surface area contributed by atoms with Crippen molar-refractivity contribution in [3.05, 3.63) is 41.8 Å².